The second kappa shape index (κ2) is 7.60. The molecule has 4 rings (SSSR count). The molecule has 2 unspecified atom stereocenters. The van der Waals surface area contributed by atoms with Crippen LogP contribution in [-0.4, -0.2) is 24.3 Å². The van der Waals surface area contributed by atoms with Crippen LogP contribution in [0.15, 0.2) is 0 Å². The monoisotopic (exact) mass is 390 g/mol. The third-order valence-corrected chi connectivity index (χ3v) is 10.4. The molecule has 0 aromatic carbocycles. The van der Waals surface area contributed by atoms with E-state index in [2.05, 4.69) is 20.8 Å². The SMILES string of the molecule is COC(=O)CC[C@@H](C)[C@H]1CC[C@H]2[C@@H]3CCC4CCC(O)C[C@]4(C)[C@H]3CC[C@]12C. The number of methoxy groups -OCH3 is 1. The molecule has 0 aromatic rings. The topological polar surface area (TPSA) is 46.5 Å². The van der Waals surface area contributed by atoms with Gasteiger partial charge in [-0.15, -0.1) is 0 Å². The average Bonchev–Trinajstić information content (AvgIpc) is 3.02. The van der Waals surface area contributed by atoms with Crippen molar-refractivity contribution in [1.82, 2.24) is 0 Å². The summed E-state index contributed by atoms with van der Waals surface area (Å²) >= 11 is 0. The van der Waals surface area contributed by atoms with Gasteiger partial charge in [-0.1, -0.05) is 20.8 Å². The van der Waals surface area contributed by atoms with Crippen molar-refractivity contribution in [1.29, 1.82) is 0 Å². The maximum atomic E-state index is 11.6. The van der Waals surface area contributed by atoms with Gasteiger partial charge >= 0.3 is 5.97 Å². The Morgan fingerprint density at radius 1 is 1.04 bits per heavy atom. The highest BCUT2D eigenvalue weighted by molar-refractivity contribution is 5.69. The van der Waals surface area contributed by atoms with Crippen LogP contribution in [0.2, 0.25) is 0 Å². The molecule has 4 aliphatic carbocycles. The van der Waals surface area contributed by atoms with Crippen molar-refractivity contribution in [3.63, 3.8) is 0 Å². The molecule has 4 fully saturated rings. The first-order chi connectivity index (χ1) is 13.3. The number of carbonyl (C=O) groups is 1. The summed E-state index contributed by atoms with van der Waals surface area (Å²) in [6.07, 6.45) is 13.0. The minimum Gasteiger partial charge on any atom is -0.469 e. The van der Waals surface area contributed by atoms with Crippen LogP contribution in [0.1, 0.15) is 91.4 Å². The van der Waals surface area contributed by atoms with Crippen LogP contribution in [0.25, 0.3) is 0 Å². The Hall–Kier alpha value is -0.570. The molecule has 0 bridgehead atoms. The Morgan fingerprint density at radius 3 is 2.50 bits per heavy atom. The normalized spacial score (nSPS) is 48.9. The van der Waals surface area contributed by atoms with Gasteiger partial charge in [-0.2, -0.15) is 0 Å². The Kier molecular flexibility index (Phi) is 5.61. The minimum atomic E-state index is -0.0667. The maximum Gasteiger partial charge on any atom is 0.305 e. The minimum absolute atomic E-state index is 0.0580. The van der Waals surface area contributed by atoms with Crippen LogP contribution in [0.4, 0.5) is 0 Å². The van der Waals surface area contributed by atoms with Crippen LogP contribution in [0.5, 0.6) is 0 Å². The van der Waals surface area contributed by atoms with E-state index in [9.17, 15) is 9.90 Å². The summed E-state index contributed by atoms with van der Waals surface area (Å²) in [7, 11) is 1.50. The van der Waals surface area contributed by atoms with E-state index in [0.29, 0.717) is 23.2 Å². The Morgan fingerprint density at radius 2 is 1.75 bits per heavy atom. The van der Waals surface area contributed by atoms with E-state index in [1.807, 2.05) is 0 Å². The molecule has 28 heavy (non-hydrogen) atoms. The fraction of sp³-hybridized carbons (Fsp3) is 0.960. The second-order valence-corrected chi connectivity index (χ2v) is 11.4. The zero-order chi connectivity index (χ0) is 20.1. The van der Waals surface area contributed by atoms with Crippen LogP contribution in [-0.2, 0) is 9.53 Å². The molecule has 160 valence electrons. The molecule has 0 aliphatic heterocycles. The predicted octanol–water partition coefficient (Wildman–Crippen LogP) is 5.60. The van der Waals surface area contributed by atoms with E-state index in [1.54, 1.807) is 0 Å². The molecule has 0 amide bonds. The van der Waals surface area contributed by atoms with E-state index in [4.69, 9.17) is 4.74 Å². The van der Waals surface area contributed by atoms with Crippen molar-refractivity contribution < 1.29 is 14.6 Å². The van der Waals surface area contributed by atoms with Crippen molar-refractivity contribution in [2.75, 3.05) is 7.11 Å². The van der Waals surface area contributed by atoms with Gasteiger partial charge in [0.25, 0.3) is 0 Å². The van der Waals surface area contributed by atoms with Gasteiger partial charge in [0.15, 0.2) is 0 Å². The van der Waals surface area contributed by atoms with Crippen LogP contribution in [0.3, 0.4) is 0 Å². The molecule has 3 heteroatoms. The third-order valence-electron chi connectivity index (χ3n) is 10.4. The molecule has 4 aliphatic rings. The molecule has 0 aromatic heterocycles. The molecular formula is C25H42O3. The molecule has 0 spiro atoms. The van der Waals surface area contributed by atoms with Gasteiger partial charge in [0.05, 0.1) is 13.2 Å². The first-order valence-corrected chi connectivity index (χ1v) is 12.0. The highest BCUT2D eigenvalue weighted by Crippen LogP contribution is 2.68. The fourth-order valence-corrected chi connectivity index (χ4v) is 8.95. The highest BCUT2D eigenvalue weighted by atomic mass is 16.5. The van der Waals surface area contributed by atoms with E-state index in [0.717, 1.165) is 48.9 Å². The Balaban J connectivity index is 1.49. The number of hydrogen-bond acceptors (Lipinski definition) is 3. The smallest absolute Gasteiger partial charge is 0.305 e. The van der Waals surface area contributed by atoms with E-state index in [-0.39, 0.29) is 12.1 Å². The van der Waals surface area contributed by atoms with E-state index in [1.165, 1.54) is 52.1 Å². The lowest BCUT2D eigenvalue weighted by Gasteiger charge is -2.61. The summed E-state index contributed by atoms with van der Waals surface area (Å²) in [6, 6.07) is 0. The summed E-state index contributed by atoms with van der Waals surface area (Å²) < 4.78 is 4.88. The zero-order valence-corrected chi connectivity index (χ0v) is 18.6. The number of hydrogen-bond donors (Lipinski definition) is 1. The first kappa shape index (κ1) is 20.7. The number of aliphatic hydroxyl groups excluding tert-OH is 1. The van der Waals surface area contributed by atoms with Gasteiger partial charge in [-0.25, -0.2) is 0 Å². The number of carbonyl (C=O) groups excluding carboxylic acids is 1. The van der Waals surface area contributed by atoms with Gasteiger partial charge in [0, 0.05) is 6.42 Å². The Bertz CT molecular complexity index is 588. The number of fused-ring (bicyclic) bond motifs is 5. The molecule has 0 radical (unpaired) electrons. The van der Waals surface area contributed by atoms with Gasteiger partial charge in [0.1, 0.15) is 0 Å². The highest BCUT2D eigenvalue weighted by Gasteiger charge is 2.60. The molecule has 0 heterocycles. The van der Waals surface area contributed by atoms with Crippen LogP contribution in [0, 0.1) is 46.3 Å². The molecule has 9 atom stereocenters. The second-order valence-electron chi connectivity index (χ2n) is 11.4. The van der Waals surface area contributed by atoms with E-state index < -0.39 is 0 Å². The van der Waals surface area contributed by atoms with Gasteiger partial charge in [-0.3, -0.25) is 4.79 Å². The largest absolute Gasteiger partial charge is 0.469 e. The quantitative estimate of drug-likeness (QED) is 0.636. The van der Waals surface area contributed by atoms with Crippen LogP contribution >= 0.6 is 0 Å². The molecular weight excluding hydrogens is 348 g/mol. The van der Waals surface area contributed by atoms with Crippen molar-refractivity contribution in [2.24, 2.45) is 46.3 Å². The lowest BCUT2D eigenvalue weighted by molar-refractivity contribution is -0.142. The fourth-order valence-electron chi connectivity index (χ4n) is 8.95. The first-order valence-electron chi connectivity index (χ1n) is 12.0. The van der Waals surface area contributed by atoms with Crippen molar-refractivity contribution in [2.45, 2.75) is 97.5 Å². The lowest BCUT2D eigenvalue weighted by Crippen LogP contribution is -2.54. The van der Waals surface area contributed by atoms with Gasteiger partial charge in [0.2, 0.25) is 0 Å². The van der Waals surface area contributed by atoms with Gasteiger partial charge < -0.3 is 9.84 Å². The number of esters is 1. The van der Waals surface area contributed by atoms with E-state index >= 15 is 0 Å². The number of rotatable bonds is 4. The van der Waals surface area contributed by atoms with Crippen molar-refractivity contribution in [3.05, 3.63) is 0 Å². The summed E-state index contributed by atoms with van der Waals surface area (Å²) in [5, 5.41) is 10.4. The predicted molar refractivity (Wildman–Crippen MR) is 112 cm³/mol. The standard InChI is InChI=1S/C25H42O3/c1-16(5-12-23(27)28-4)20-10-11-21-19-9-7-17-6-8-18(26)15-25(17,3)22(19)13-14-24(20,21)2/h16-22,26H,5-15H2,1-4H3/t16-,17?,18?,19+,20-,21+,22+,24-,25+/m1/s1. The van der Waals surface area contributed by atoms with Gasteiger partial charge in [-0.05, 0) is 111 Å². The zero-order valence-electron chi connectivity index (χ0n) is 18.6. The summed E-state index contributed by atoms with van der Waals surface area (Å²) in [5.74, 6) is 4.69. The molecule has 3 nitrogen and oxygen atoms in total. The molecule has 1 N–H and O–H groups in total. The lowest BCUT2D eigenvalue weighted by atomic mass is 9.44. The summed E-state index contributed by atoms with van der Waals surface area (Å²) in [5.41, 5.74) is 0.823. The summed E-state index contributed by atoms with van der Waals surface area (Å²) in [4.78, 5) is 11.6. The van der Waals surface area contributed by atoms with Crippen molar-refractivity contribution in [3.8, 4) is 0 Å². The number of ether oxygens (including phenoxy) is 1. The van der Waals surface area contributed by atoms with Crippen LogP contribution < -0.4 is 0 Å². The third kappa shape index (κ3) is 3.24. The molecule has 0 saturated heterocycles. The average molecular weight is 391 g/mol. The number of aliphatic hydroxyl groups is 1. The molecule has 4 saturated carbocycles. The maximum absolute atomic E-state index is 11.6. The van der Waals surface area contributed by atoms with Crippen molar-refractivity contribution >= 4 is 5.97 Å². The Labute approximate surface area is 172 Å². The summed E-state index contributed by atoms with van der Waals surface area (Å²) in [6.45, 7) is 7.50.